The average Bonchev–Trinajstić information content (AvgIpc) is 3.41. The summed E-state index contributed by atoms with van der Waals surface area (Å²) >= 11 is 0. The van der Waals surface area contributed by atoms with E-state index >= 15 is 4.39 Å². The van der Waals surface area contributed by atoms with Crippen LogP contribution in [-0.4, -0.2) is 67.7 Å². The molecule has 0 radical (unpaired) electrons. The van der Waals surface area contributed by atoms with Crippen molar-refractivity contribution in [3.63, 3.8) is 0 Å². The van der Waals surface area contributed by atoms with Crippen LogP contribution in [0.2, 0.25) is 0 Å². The van der Waals surface area contributed by atoms with E-state index in [4.69, 9.17) is 9.84 Å². The monoisotopic (exact) mass is 445 g/mol. The van der Waals surface area contributed by atoms with E-state index in [2.05, 4.69) is 10.1 Å². The highest BCUT2D eigenvalue weighted by molar-refractivity contribution is 6.02. The Morgan fingerprint density at radius 3 is 2.70 bits per heavy atom. The van der Waals surface area contributed by atoms with Crippen molar-refractivity contribution < 1.29 is 33.0 Å². The Labute approximate surface area is 177 Å². The van der Waals surface area contributed by atoms with Gasteiger partial charge in [0.25, 0.3) is 5.91 Å². The minimum absolute atomic E-state index is 0. The fourth-order valence-electron chi connectivity index (χ4n) is 4.59. The van der Waals surface area contributed by atoms with Gasteiger partial charge in [-0.05, 0) is 24.5 Å². The van der Waals surface area contributed by atoms with Crippen LogP contribution in [0.3, 0.4) is 0 Å². The smallest absolute Gasteiger partial charge is 0.450 e. The van der Waals surface area contributed by atoms with Crippen molar-refractivity contribution >= 4 is 35.8 Å². The number of carbonyl (C=O) groups excluding carboxylic acids is 1. The number of carboxylic acid groups (broad SMARTS) is 1. The Hall–Kier alpha value is -2.17. The number of benzene rings is 1. The van der Waals surface area contributed by atoms with Crippen LogP contribution in [0.15, 0.2) is 6.07 Å². The number of ether oxygens (including phenoxy) is 2. The number of halogens is 3. The minimum atomic E-state index is -1.59. The normalized spacial score (nSPS) is 27.9. The Morgan fingerprint density at radius 1 is 1.27 bits per heavy atom. The highest BCUT2D eigenvalue weighted by Gasteiger charge is 2.46. The zero-order valence-electron chi connectivity index (χ0n) is 16.0. The molecule has 0 bridgehead atoms. The molecular weight excluding hydrogens is 424 g/mol. The molecule has 1 amide bonds. The molecule has 30 heavy (non-hydrogen) atoms. The molecule has 2 saturated heterocycles. The van der Waals surface area contributed by atoms with Gasteiger partial charge in [0, 0.05) is 32.1 Å². The molecule has 0 aromatic heterocycles. The third kappa shape index (κ3) is 3.46. The van der Waals surface area contributed by atoms with Crippen molar-refractivity contribution in [3.05, 3.63) is 23.3 Å². The molecule has 1 saturated carbocycles. The number of morpholine rings is 1. The number of anilines is 2. The number of nitrogens with one attached hydrogen (secondary N) is 1. The Morgan fingerprint density at radius 2 is 2.03 bits per heavy atom. The van der Waals surface area contributed by atoms with Crippen LogP contribution in [0.5, 0.6) is 0 Å². The van der Waals surface area contributed by atoms with E-state index in [0.29, 0.717) is 39.1 Å². The Kier molecular flexibility index (Phi) is 5.50. The second-order valence-electron chi connectivity index (χ2n) is 7.92. The first-order valence-electron chi connectivity index (χ1n) is 9.77. The molecule has 1 unspecified atom stereocenters. The van der Waals surface area contributed by atoms with Crippen LogP contribution in [0.4, 0.5) is 25.0 Å². The molecular formula is C19H22ClF2N3O5. The molecule has 8 nitrogen and oxygen atoms in total. The predicted molar refractivity (Wildman–Crippen MR) is 104 cm³/mol. The van der Waals surface area contributed by atoms with Gasteiger partial charge < -0.3 is 29.7 Å². The van der Waals surface area contributed by atoms with Crippen molar-refractivity contribution in [3.8, 4) is 0 Å². The quantitative estimate of drug-likeness (QED) is 0.684. The van der Waals surface area contributed by atoms with E-state index in [0.717, 1.165) is 0 Å². The molecule has 5 rings (SSSR count). The number of nitrogens with zero attached hydrogens (tertiary/aromatic N) is 2. The van der Waals surface area contributed by atoms with Gasteiger partial charge in [0.1, 0.15) is 11.5 Å². The predicted octanol–water partition coefficient (Wildman–Crippen LogP) is 1.68. The number of hydrogen-bond acceptors (Lipinski definition) is 6. The fourth-order valence-corrected chi connectivity index (χ4v) is 4.59. The van der Waals surface area contributed by atoms with Crippen molar-refractivity contribution in [2.45, 2.75) is 43.6 Å². The van der Waals surface area contributed by atoms with Crippen molar-refractivity contribution in [1.82, 2.24) is 5.32 Å². The average molecular weight is 446 g/mol. The van der Waals surface area contributed by atoms with E-state index in [9.17, 15) is 14.0 Å². The summed E-state index contributed by atoms with van der Waals surface area (Å²) in [4.78, 5) is 26.6. The highest BCUT2D eigenvalue weighted by atomic mass is 35.5. The molecule has 3 atom stereocenters. The van der Waals surface area contributed by atoms with E-state index < -0.39 is 29.8 Å². The van der Waals surface area contributed by atoms with Gasteiger partial charge in [-0.2, -0.15) is 0 Å². The van der Waals surface area contributed by atoms with Crippen molar-refractivity contribution in [1.29, 1.82) is 0 Å². The molecule has 0 spiro atoms. The molecule has 3 fully saturated rings. The molecule has 1 aromatic rings. The summed E-state index contributed by atoms with van der Waals surface area (Å²) in [6, 6.07) is 0.970. The number of hydrogen-bond donors (Lipinski definition) is 2. The second kappa shape index (κ2) is 7.82. The summed E-state index contributed by atoms with van der Waals surface area (Å²) in [5.74, 6) is -2.12. The zero-order chi connectivity index (χ0) is 20.3. The summed E-state index contributed by atoms with van der Waals surface area (Å²) in [5, 5.41) is 12.2. The van der Waals surface area contributed by atoms with Crippen molar-refractivity contribution in [2.75, 3.05) is 36.0 Å². The SMILES string of the molecule is Cl.O=C(O)OC1Cc2cc(F)c(N3C[C@@H]4OCCN[C@@H]4C3)c(F)c2N(C2CC2)C1=O. The van der Waals surface area contributed by atoms with Crippen LogP contribution >= 0.6 is 12.4 Å². The summed E-state index contributed by atoms with van der Waals surface area (Å²) in [6.07, 6.45) is -1.85. The second-order valence-corrected chi connectivity index (χ2v) is 7.92. The number of rotatable bonds is 3. The maximum Gasteiger partial charge on any atom is 0.506 e. The molecule has 11 heteroatoms. The van der Waals surface area contributed by atoms with Gasteiger partial charge in [-0.15, -0.1) is 12.4 Å². The summed E-state index contributed by atoms with van der Waals surface area (Å²) in [5.41, 5.74) is 0.120. The van der Waals surface area contributed by atoms with E-state index in [1.807, 2.05) is 0 Å². The van der Waals surface area contributed by atoms with Crippen LogP contribution in [-0.2, 0) is 20.7 Å². The standard InChI is InChI=1S/C19H21F2N3O5.ClH/c20-11-5-9-6-13(29-19(26)27)18(25)24(10-1-2-10)16(9)15(21)17(11)23-7-12-14(8-23)28-4-3-22-12;/h5,10,12-14,22H,1-4,6-8H2,(H,26,27);1H/t12-,13?,14+;/m1./s1. The fraction of sp³-hybridized carbons (Fsp3) is 0.579. The molecule has 1 aromatic carbocycles. The maximum absolute atomic E-state index is 15.7. The van der Waals surface area contributed by atoms with Gasteiger partial charge in [0.2, 0.25) is 0 Å². The largest absolute Gasteiger partial charge is 0.506 e. The van der Waals surface area contributed by atoms with Gasteiger partial charge in [-0.1, -0.05) is 0 Å². The molecule has 3 heterocycles. The lowest BCUT2D eigenvalue weighted by molar-refractivity contribution is -0.128. The summed E-state index contributed by atoms with van der Waals surface area (Å²) in [6.45, 7) is 2.00. The molecule has 3 aliphatic heterocycles. The van der Waals surface area contributed by atoms with E-state index in [-0.39, 0.29) is 54.0 Å². The molecule has 4 aliphatic rings. The maximum atomic E-state index is 15.7. The number of fused-ring (bicyclic) bond motifs is 2. The van der Waals surface area contributed by atoms with Gasteiger partial charge in [-0.3, -0.25) is 4.79 Å². The Balaban J connectivity index is 0.00000218. The first-order chi connectivity index (χ1) is 13.9. The van der Waals surface area contributed by atoms with Gasteiger partial charge in [0.15, 0.2) is 11.9 Å². The third-order valence-corrected chi connectivity index (χ3v) is 5.98. The lowest BCUT2D eigenvalue weighted by atomic mass is 9.96. The van der Waals surface area contributed by atoms with Gasteiger partial charge in [-0.25, -0.2) is 13.6 Å². The van der Waals surface area contributed by atoms with E-state index in [1.165, 1.54) is 11.0 Å². The topological polar surface area (TPSA) is 91.3 Å². The van der Waals surface area contributed by atoms with Crippen molar-refractivity contribution in [2.24, 2.45) is 0 Å². The first-order valence-corrected chi connectivity index (χ1v) is 9.77. The minimum Gasteiger partial charge on any atom is -0.450 e. The molecule has 2 N–H and O–H groups in total. The summed E-state index contributed by atoms with van der Waals surface area (Å²) < 4.78 is 41.0. The van der Waals surface area contributed by atoms with Crippen LogP contribution < -0.4 is 15.1 Å². The van der Waals surface area contributed by atoms with Crippen LogP contribution in [0.1, 0.15) is 18.4 Å². The lowest BCUT2D eigenvalue weighted by Gasteiger charge is -2.35. The molecule has 1 aliphatic carbocycles. The highest BCUT2D eigenvalue weighted by Crippen LogP contribution is 2.44. The van der Waals surface area contributed by atoms with Crippen LogP contribution in [0, 0.1) is 11.6 Å². The molecule has 164 valence electrons. The third-order valence-electron chi connectivity index (χ3n) is 5.98. The van der Waals surface area contributed by atoms with Gasteiger partial charge >= 0.3 is 6.16 Å². The Bertz CT molecular complexity index is 870. The van der Waals surface area contributed by atoms with E-state index in [1.54, 1.807) is 4.90 Å². The van der Waals surface area contributed by atoms with Crippen LogP contribution in [0.25, 0.3) is 0 Å². The zero-order valence-corrected chi connectivity index (χ0v) is 16.8. The summed E-state index contributed by atoms with van der Waals surface area (Å²) in [7, 11) is 0. The number of carbonyl (C=O) groups is 2. The van der Waals surface area contributed by atoms with Gasteiger partial charge in [0.05, 0.1) is 24.4 Å². The first kappa shape index (κ1) is 21.1. The number of amides is 1. The lowest BCUT2D eigenvalue weighted by Crippen LogP contribution is -2.48.